The molecule has 2 aromatic heterocycles. The lowest BCUT2D eigenvalue weighted by atomic mass is 9.48. The van der Waals surface area contributed by atoms with Crippen LogP contribution in [0.5, 0.6) is 0 Å². The Morgan fingerprint density at radius 3 is 2.56 bits per heavy atom. The van der Waals surface area contributed by atoms with Crippen LogP contribution >= 0.6 is 0 Å². The topological polar surface area (TPSA) is 153 Å². The van der Waals surface area contributed by atoms with Gasteiger partial charge < -0.3 is 21.1 Å². The number of anilines is 2. The fourth-order valence-corrected chi connectivity index (χ4v) is 9.28. The van der Waals surface area contributed by atoms with Crippen molar-refractivity contribution < 1.29 is 13.5 Å². The van der Waals surface area contributed by atoms with E-state index in [1.807, 2.05) is 0 Å². The van der Waals surface area contributed by atoms with E-state index in [-0.39, 0.29) is 23.1 Å². The first kappa shape index (κ1) is 28.3. The predicted octanol–water partition coefficient (Wildman–Crippen LogP) is 3.51. The number of aliphatic hydroxyl groups excluding tert-OH is 1. The first-order valence-corrected chi connectivity index (χ1v) is 16.9. The maximum atomic E-state index is 12.1. The summed E-state index contributed by atoms with van der Waals surface area (Å²) in [6, 6.07) is 6.22. The van der Waals surface area contributed by atoms with Crippen molar-refractivity contribution in [3.8, 4) is 6.07 Å². The van der Waals surface area contributed by atoms with Gasteiger partial charge in [0.25, 0.3) is 0 Å². The molecular formula is C30H41N7O3S. The van der Waals surface area contributed by atoms with Gasteiger partial charge >= 0.3 is 0 Å². The fourth-order valence-electron chi connectivity index (χ4n) is 8.42. The number of sulfone groups is 1. The summed E-state index contributed by atoms with van der Waals surface area (Å²) in [6.45, 7) is 2.06. The van der Waals surface area contributed by atoms with Crippen LogP contribution in [-0.4, -0.2) is 60.0 Å². The third-order valence-electron chi connectivity index (χ3n) is 10.0. The molecule has 3 unspecified atom stereocenters. The highest BCUT2D eigenvalue weighted by molar-refractivity contribution is 7.90. The maximum Gasteiger partial charge on any atom is 0.224 e. The SMILES string of the molecule is CS(=O)(=O)c1ncccc1CNc1ncc(C#N)c(NCC23CC4C[C@H](C2)C(NCC2CCC(O)CC2)[C@@H](C4)C3)n1. The van der Waals surface area contributed by atoms with Crippen LogP contribution in [-0.2, 0) is 16.4 Å². The first-order chi connectivity index (χ1) is 19.7. The van der Waals surface area contributed by atoms with E-state index in [0.29, 0.717) is 46.7 Å². The predicted molar refractivity (Wildman–Crippen MR) is 156 cm³/mol. The number of nitrogens with zero attached hydrogens (tertiary/aromatic N) is 4. The minimum atomic E-state index is -3.46. The molecule has 0 radical (unpaired) electrons. The minimum Gasteiger partial charge on any atom is -0.393 e. The summed E-state index contributed by atoms with van der Waals surface area (Å²) in [4.78, 5) is 12.9. The van der Waals surface area contributed by atoms with Crippen LogP contribution < -0.4 is 16.0 Å². The Morgan fingerprint density at radius 2 is 1.85 bits per heavy atom. The van der Waals surface area contributed by atoms with Crippen LogP contribution in [0.4, 0.5) is 11.8 Å². The van der Waals surface area contributed by atoms with Gasteiger partial charge in [0.05, 0.1) is 12.3 Å². The Labute approximate surface area is 242 Å². The van der Waals surface area contributed by atoms with Crippen molar-refractivity contribution in [1.29, 1.82) is 5.26 Å². The number of nitriles is 1. The number of pyridine rings is 1. The zero-order valence-electron chi connectivity index (χ0n) is 23.7. The molecule has 2 heterocycles. The van der Waals surface area contributed by atoms with E-state index in [4.69, 9.17) is 0 Å². The molecule has 5 fully saturated rings. The van der Waals surface area contributed by atoms with Crippen molar-refractivity contribution in [2.24, 2.45) is 29.1 Å². The number of aromatic nitrogens is 3. The smallest absolute Gasteiger partial charge is 0.224 e. The lowest BCUT2D eigenvalue weighted by Gasteiger charge is -2.60. The molecule has 5 aliphatic rings. The second-order valence-electron chi connectivity index (χ2n) is 13.1. The van der Waals surface area contributed by atoms with Gasteiger partial charge in [-0.2, -0.15) is 10.2 Å². The molecule has 41 heavy (non-hydrogen) atoms. The van der Waals surface area contributed by atoms with Crippen molar-refractivity contribution in [3.63, 3.8) is 0 Å². The molecule has 4 bridgehead atoms. The van der Waals surface area contributed by atoms with Crippen molar-refractivity contribution in [1.82, 2.24) is 20.3 Å². The van der Waals surface area contributed by atoms with Gasteiger partial charge in [-0.1, -0.05) is 6.07 Å². The first-order valence-electron chi connectivity index (χ1n) is 15.0. The Balaban J connectivity index is 1.09. The second-order valence-corrected chi connectivity index (χ2v) is 15.0. The Bertz CT molecular complexity index is 1390. The molecule has 10 nitrogen and oxygen atoms in total. The van der Waals surface area contributed by atoms with E-state index in [1.54, 1.807) is 12.1 Å². The van der Waals surface area contributed by atoms with Gasteiger partial charge in [0.2, 0.25) is 5.95 Å². The van der Waals surface area contributed by atoms with E-state index in [1.165, 1.54) is 44.5 Å². The highest BCUT2D eigenvalue weighted by atomic mass is 32.2. The molecule has 0 amide bonds. The molecule has 0 saturated heterocycles. The Kier molecular flexibility index (Phi) is 7.92. The molecule has 7 rings (SSSR count). The van der Waals surface area contributed by atoms with Crippen LogP contribution in [0.2, 0.25) is 0 Å². The molecule has 5 aliphatic carbocycles. The molecule has 4 N–H and O–H groups in total. The molecule has 2 aromatic rings. The molecule has 5 atom stereocenters. The number of rotatable bonds is 10. The van der Waals surface area contributed by atoms with Crippen LogP contribution in [0.3, 0.4) is 0 Å². The number of hydrogen-bond acceptors (Lipinski definition) is 10. The molecule has 0 spiro atoms. The third-order valence-corrected chi connectivity index (χ3v) is 11.1. The average molecular weight is 580 g/mol. The Morgan fingerprint density at radius 1 is 1.10 bits per heavy atom. The van der Waals surface area contributed by atoms with Gasteiger partial charge in [0.15, 0.2) is 14.9 Å². The highest BCUT2D eigenvalue weighted by Crippen LogP contribution is 2.60. The molecule has 5 saturated carbocycles. The Hall–Kier alpha value is -2.81. The summed E-state index contributed by atoms with van der Waals surface area (Å²) in [5.41, 5.74) is 1.15. The van der Waals surface area contributed by atoms with Crippen molar-refractivity contribution in [2.45, 2.75) is 81.5 Å². The standard InChI is InChI=1S/C30H41N7O3S/c1-41(39,40)28-21(3-2-8-32-28)16-34-29-35-17-24(14-31)27(37-29)36-18-30-11-20-9-22(12-30)26(23(10-20)13-30)33-15-19-4-6-25(38)7-5-19/h2-3,8,17,19-20,22-23,25-26,33,38H,4-7,9-13,15-16,18H2,1H3,(H2,34,35,36,37)/t19?,20?,22-,23+,25?,26?,30?. The van der Waals surface area contributed by atoms with E-state index in [2.05, 4.69) is 37.0 Å². The van der Waals surface area contributed by atoms with Gasteiger partial charge in [-0.3, -0.25) is 0 Å². The van der Waals surface area contributed by atoms with Crippen molar-refractivity contribution in [3.05, 3.63) is 35.7 Å². The summed E-state index contributed by atoms with van der Waals surface area (Å²) in [5, 5.41) is 30.3. The summed E-state index contributed by atoms with van der Waals surface area (Å²) in [6.07, 6.45) is 14.4. The van der Waals surface area contributed by atoms with Gasteiger partial charge in [0, 0.05) is 37.1 Å². The lowest BCUT2D eigenvalue weighted by Crippen LogP contribution is -2.60. The van der Waals surface area contributed by atoms with Crippen LogP contribution in [0, 0.1) is 40.4 Å². The molecule has 220 valence electrons. The molecule has 0 aliphatic heterocycles. The third kappa shape index (κ3) is 6.20. The summed E-state index contributed by atoms with van der Waals surface area (Å²) >= 11 is 0. The second kappa shape index (κ2) is 11.5. The van der Waals surface area contributed by atoms with Crippen LogP contribution in [0.15, 0.2) is 29.6 Å². The van der Waals surface area contributed by atoms with Gasteiger partial charge in [0.1, 0.15) is 17.5 Å². The highest BCUT2D eigenvalue weighted by Gasteiger charge is 2.55. The number of hydrogen-bond donors (Lipinski definition) is 4. The van der Waals surface area contributed by atoms with E-state index in [0.717, 1.165) is 50.9 Å². The zero-order chi connectivity index (χ0) is 28.6. The number of aliphatic hydroxyl groups is 1. The van der Waals surface area contributed by atoms with Crippen LogP contribution in [0.25, 0.3) is 0 Å². The van der Waals surface area contributed by atoms with Crippen LogP contribution in [0.1, 0.15) is 68.9 Å². The molecule has 0 aromatic carbocycles. The van der Waals surface area contributed by atoms with Gasteiger partial charge in [-0.25, -0.2) is 18.4 Å². The lowest BCUT2D eigenvalue weighted by molar-refractivity contribution is -0.0705. The van der Waals surface area contributed by atoms with Crippen molar-refractivity contribution >= 4 is 21.6 Å². The average Bonchev–Trinajstić information content (AvgIpc) is 2.95. The summed E-state index contributed by atoms with van der Waals surface area (Å²) in [7, 11) is -3.46. The fraction of sp³-hybridized carbons (Fsp3) is 0.667. The van der Waals surface area contributed by atoms with E-state index < -0.39 is 9.84 Å². The maximum absolute atomic E-state index is 12.1. The van der Waals surface area contributed by atoms with Crippen molar-refractivity contribution in [2.75, 3.05) is 30.0 Å². The summed E-state index contributed by atoms with van der Waals surface area (Å²) in [5.74, 6) is 3.70. The van der Waals surface area contributed by atoms with E-state index in [9.17, 15) is 18.8 Å². The summed E-state index contributed by atoms with van der Waals surface area (Å²) < 4.78 is 24.2. The monoisotopic (exact) mass is 579 g/mol. The molecular weight excluding hydrogens is 538 g/mol. The van der Waals surface area contributed by atoms with Gasteiger partial charge in [-0.05, 0) is 99.5 Å². The zero-order valence-corrected chi connectivity index (χ0v) is 24.5. The van der Waals surface area contributed by atoms with E-state index >= 15 is 0 Å². The minimum absolute atomic E-state index is 0.0339. The normalized spacial score (nSPS) is 32.4. The quantitative estimate of drug-likeness (QED) is 0.329. The van der Waals surface area contributed by atoms with Gasteiger partial charge in [-0.15, -0.1) is 0 Å². The largest absolute Gasteiger partial charge is 0.393 e. The molecule has 11 heteroatoms. The number of nitrogens with one attached hydrogen (secondary N) is 3.